The van der Waals surface area contributed by atoms with Crippen molar-refractivity contribution in [2.45, 2.75) is 89.0 Å². The van der Waals surface area contributed by atoms with Crippen LogP contribution in [0.3, 0.4) is 0 Å². The van der Waals surface area contributed by atoms with Crippen molar-refractivity contribution in [3.8, 4) is 0 Å². The van der Waals surface area contributed by atoms with Gasteiger partial charge in [0.2, 0.25) is 17.7 Å². The maximum atomic E-state index is 14.2. The first-order valence-corrected chi connectivity index (χ1v) is 15.9. The Hall–Kier alpha value is -2.42. The van der Waals surface area contributed by atoms with E-state index in [1.165, 1.54) is 19.3 Å². The summed E-state index contributed by atoms with van der Waals surface area (Å²) in [6.07, 6.45) is 11.7. The van der Waals surface area contributed by atoms with Gasteiger partial charge in [-0.3, -0.25) is 14.4 Å². The summed E-state index contributed by atoms with van der Waals surface area (Å²) in [5, 5.41) is 6.80. The number of anilines is 1. The van der Waals surface area contributed by atoms with Crippen LogP contribution in [0.2, 0.25) is 5.02 Å². The van der Waals surface area contributed by atoms with E-state index in [2.05, 4.69) is 22.5 Å². The SMILES string of the molecule is Cc1ccc(NC(=O)[C@@H]2[C@@H]3C=C[C@]4(O3)[C@@H]2C(=O)N(CCCN2CCC(C)CC2)[C@@H]4C(=O)NC2CCCCC2)cc1Cl. The van der Waals surface area contributed by atoms with Crippen LogP contribution in [0, 0.1) is 24.7 Å². The number of amides is 3. The van der Waals surface area contributed by atoms with Crippen LogP contribution in [0.4, 0.5) is 5.69 Å². The van der Waals surface area contributed by atoms with Gasteiger partial charge in [-0.2, -0.15) is 0 Å². The highest BCUT2D eigenvalue weighted by Crippen LogP contribution is 2.55. The molecule has 5 atom stereocenters. The molecular formula is C32H43ClN4O4. The van der Waals surface area contributed by atoms with Crippen LogP contribution < -0.4 is 10.6 Å². The van der Waals surface area contributed by atoms with E-state index in [-0.39, 0.29) is 23.8 Å². The molecule has 1 saturated carbocycles. The second-order valence-corrected chi connectivity index (χ2v) is 13.3. The molecule has 1 aromatic rings. The Morgan fingerprint density at radius 2 is 1.83 bits per heavy atom. The Kier molecular flexibility index (Phi) is 8.18. The van der Waals surface area contributed by atoms with Gasteiger partial charge >= 0.3 is 0 Å². The quantitative estimate of drug-likeness (QED) is 0.446. The van der Waals surface area contributed by atoms with Crippen LogP contribution in [-0.4, -0.2) is 77.5 Å². The van der Waals surface area contributed by atoms with Gasteiger partial charge in [-0.25, -0.2) is 0 Å². The van der Waals surface area contributed by atoms with Crippen molar-refractivity contribution in [3.63, 3.8) is 0 Å². The monoisotopic (exact) mass is 582 g/mol. The molecule has 8 nitrogen and oxygen atoms in total. The zero-order valence-electron chi connectivity index (χ0n) is 24.2. The maximum Gasteiger partial charge on any atom is 0.246 e. The first-order valence-electron chi connectivity index (χ1n) is 15.5. The lowest BCUT2D eigenvalue weighted by atomic mass is 9.74. The van der Waals surface area contributed by atoms with E-state index < -0.39 is 29.6 Å². The number of fused-ring (bicyclic) bond motifs is 1. The molecule has 5 aliphatic rings. The van der Waals surface area contributed by atoms with Crippen molar-refractivity contribution in [1.29, 1.82) is 0 Å². The van der Waals surface area contributed by atoms with Gasteiger partial charge in [0.1, 0.15) is 11.6 Å². The number of nitrogens with zero attached hydrogens (tertiary/aromatic N) is 2. The number of benzene rings is 1. The molecule has 6 rings (SSSR count). The molecule has 0 aromatic heterocycles. The number of piperidine rings is 1. The lowest BCUT2D eigenvalue weighted by molar-refractivity contribution is -0.141. The second-order valence-electron chi connectivity index (χ2n) is 12.9. The van der Waals surface area contributed by atoms with Crippen molar-refractivity contribution in [2.75, 3.05) is 31.5 Å². The number of aryl methyl sites for hydroxylation is 1. The first kappa shape index (κ1) is 28.7. The van der Waals surface area contributed by atoms with E-state index in [9.17, 15) is 14.4 Å². The average Bonchev–Trinajstić information content (AvgIpc) is 3.60. The summed E-state index contributed by atoms with van der Waals surface area (Å²) in [6.45, 7) is 7.72. The van der Waals surface area contributed by atoms with E-state index in [0.29, 0.717) is 17.3 Å². The van der Waals surface area contributed by atoms with Gasteiger partial charge < -0.3 is 25.2 Å². The fraction of sp³-hybridized carbons (Fsp3) is 0.656. The van der Waals surface area contributed by atoms with E-state index in [4.69, 9.17) is 16.3 Å². The summed E-state index contributed by atoms with van der Waals surface area (Å²) in [5.41, 5.74) is 0.368. The third-order valence-corrected chi connectivity index (χ3v) is 10.5. The predicted molar refractivity (Wildman–Crippen MR) is 159 cm³/mol. The molecule has 2 N–H and O–H groups in total. The van der Waals surface area contributed by atoms with Gasteiger partial charge in [-0.15, -0.1) is 0 Å². The Morgan fingerprint density at radius 1 is 1.07 bits per heavy atom. The zero-order valence-corrected chi connectivity index (χ0v) is 25.0. The highest BCUT2D eigenvalue weighted by atomic mass is 35.5. The number of hydrogen-bond acceptors (Lipinski definition) is 5. The van der Waals surface area contributed by atoms with Crippen molar-refractivity contribution >= 4 is 35.0 Å². The van der Waals surface area contributed by atoms with E-state index in [1.807, 2.05) is 31.2 Å². The van der Waals surface area contributed by atoms with Gasteiger partial charge in [0.05, 0.1) is 17.9 Å². The molecule has 222 valence electrons. The number of carbonyl (C=O) groups excluding carboxylic acids is 3. The summed E-state index contributed by atoms with van der Waals surface area (Å²) in [5.74, 6) is -1.29. The molecule has 4 heterocycles. The summed E-state index contributed by atoms with van der Waals surface area (Å²) < 4.78 is 6.50. The van der Waals surface area contributed by atoms with Gasteiger partial charge in [-0.05, 0) is 82.3 Å². The molecule has 1 aromatic carbocycles. The smallest absolute Gasteiger partial charge is 0.246 e. The van der Waals surface area contributed by atoms with Gasteiger partial charge in [0.25, 0.3) is 0 Å². The van der Waals surface area contributed by atoms with Crippen molar-refractivity contribution < 1.29 is 19.1 Å². The summed E-state index contributed by atoms with van der Waals surface area (Å²) in [7, 11) is 0. The van der Waals surface area contributed by atoms with E-state index in [0.717, 1.165) is 63.2 Å². The maximum absolute atomic E-state index is 14.2. The number of nitrogens with one attached hydrogen (secondary N) is 2. The lowest BCUT2D eigenvalue weighted by Gasteiger charge is -2.35. The third kappa shape index (κ3) is 5.43. The predicted octanol–water partition coefficient (Wildman–Crippen LogP) is 4.31. The minimum Gasteiger partial charge on any atom is -0.359 e. The minimum absolute atomic E-state index is 0.118. The number of rotatable bonds is 8. The number of hydrogen-bond donors (Lipinski definition) is 2. The summed E-state index contributed by atoms with van der Waals surface area (Å²) >= 11 is 6.30. The Balaban J connectivity index is 1.23. The van der Waals surface area contributed by atoms with Crippen LogP contribution >= 0.6 is 11.6 Å². The number of ether oxygens (including phenoxy) is 1. The van der Waals surface area contributed by atoms with Crippen LogP contribution in [0.1, 0.15) is 63.9 Å². The van der Waals surface area contributed by atoms with E-state index >= 15 is 0 Å². The summed E-state index contributed by atoms with van der Waals surface area (Å²) in [6, 6.07) is 4.72. The van der Waals surface area contributed by atoms with E-state index in [1.54, 1.807) is 11.0 Å². The van der Waals surface area contributed by atoms with Crippen LogP contribution in [0.15, 0.2) is 30.4 Å². The van der Waals surface area contributed by atoms with Gasteiger partial charge in [0.15, 0.2) is 0 Å². The Bertz CT molecular complexity index is 1210. The van der Waals surface area contributed by atoms with Crippen LogP contribution in [0.25, 0.3) is 0 Å². The first-order chi connectivity index (χ1) is 19.8. The molecule has 0 unspecified atom stereocenters. The molecule has 0 radical (unpaired) electrons. The molecule has 1 spiro atoms. The molecule has 9 heteroatoms. The average molecular weight is 583 g/mol. The summed E-state index contributed by atoms with van der Waals surface area (Å²) in [4.78, 5) is 46.0. The molecule has 1 aliphatic carbocycles. The highest BCUT2D eigenvalue weighted by molar-refractivity contribution is 6.31. The lowest BCUT2D eigenvalue weighted by Crippen LogP contribution is -2.56. The molecule has 41 heavy (non-hydrogen) atoms. The molecule has 3 saturated heterocycles. The van der Waals surface area contributed by atoms with Crippen LogP contribution in [-0.2, 0) is 19.1 Å². The zero-order chi connectivity index (χ0) is 28.7. The molecular weight excluding hydrogens is 540 g/mol. The molecule has 2 bridgehead atoms. The van der Waals surface area contributed by atoms with Crippen LogP contribution in [0.5, 0.6) is 0 Å². The minimum atomic E-state index is -1.13. The normalized spacial score (nSPS) is 32.0. The number of halogens is 1. The topological polar surface area (TPSA) is 91.0 Å². The van der Waals surface area contributed by atoms with Gasteiger partial charge in [-0.1, -0.05) is 56.0 Å². The molecule has 4 aliphatic heterocycles. The highest BCUT2D eigenvalue weighted by Gasteiger charge is 2.72. The number of carbonyl (C=O) groups is 3. The van der Waals surface area contributed by atoms with Crippen molar-refractivity contribution in [2.24, 2.45) is 17.8 Å². The molecule has 4 fully saturated rings. The Labute approximate surface area is 248 Å². The standard InChI is InChI=1S/C32H43ClN4O4/c1-20-12-17-36(18-13-20)15-6-16-37-28(30(39)34-22-7-4-3-5-8-22)32-14-11-25(41-32)26(27(32)31(37)40)29(38)35-23-10-9-21(2)24(33)19-23/h9-11,14,19-20,22,25-28H,3-8,12-13,15-18H2,1-2H3,(H,34,39)(H,35,38)/t25-,26+,27-,28+,32-/m0/s1. The third-order valence-electron chi connectivity index (χ3n) is 10.1. The largest absolute Gasteiger partial charge is 0.359 e. The fourth-order valence-corrected chi connectivity index (χ4v) is 7.86. The van der Waals surface area contributed by atoms with Crippen molar-refractivity contribution in [3.05, 3.63) is 40.9 Å². The van der Waals surface area contributed by atoms with Gasteiger partial charge in [0, 0.05) is 23.3 Å². The fourth-order valence-electron chi connectivity index (χ4n) is 7.68. The second kappa shape index (κ2) is 11.7. The molecule has 3 amide bonds. The number of likely N-dealkylation sites (tertiary alicyclic amines) is 2. The van der Waals surface area contributed by atoms with Crippen molar-refractivity contribution in [1.82, 2.24) is 15.1 Å². The Morgan fingerprint density at radius 3 is 2.56 bits per heavy atom.